The van der Waals surface area contributed by atoms with Gasteiger partial charge in [-0.15, -0.1) is 12.4 Å². The Morgan fingerprint density at radius 2 is 2.09 bits per heavy atom. The van der Waals surface area contributed by atoms with Crippen LogP contribution in [-0.2, 0) is 6.54 Å². The lowest BCUT2D eigenvalue weighted by molar-refractivity contribution is 0.0697. The molecule has 0 amide bonds. The monoisotopic (exact) mass is 359 g/mol. The highest BCUT2D eigenvalue weighted by Gasteiger charge is 2.13. The van der Waals surface area contributed by atoms with E-state index in [1.54, 1.807) is 18.2 Å². The van der Waals surface area contributed by atoms with Crippen LogP contribution in [0.25, 0.3) is 11.3 Å². The van der Waals surface area contributed by atoms with E-state index >= 15 is 0 Å². The van der Waals surface area contributed by atoms with Crippen LogP contribution in [0.3, 0.4) is 0 Å². The lowest BCUT2D eigenvalue weighted by atomic mass is 10.1. The first-order valence-corrected chi connectivity index (χ1v) is 7.39. The van der Waals surface area contributed by atoms with Crippen molar-refractivity contribution in [3.63, 3.8) is 0 Å². The Morgan fingerprint density at radius 1 is 1.35 bits per heavy atom. The third-order valence-corrected chi connectivity index (χ3v) is 3.75. The number of carboxylic acid groups (broad SMARTS) is 1. The number of nitrogens with one attached hydrogen (secondary N) is 1. The molecule has 0 aliphatic rings. The number of aliphatic hydroxyl groups is 1. The molecule has 1 heterocycles. The van der Waals surface area contributed by atoms with Crippen molar-refractivity contribution in [2.24, 2.45) is 0 Å². The quantitative estimate of drug-likeness (QED) is 0.703. The van der Waals surface area contributed by atoms with Gasteiger partial charge in [-0.1, -0.05) is 18.5 Å². The molecule has 1 atom stereocenters. The molecule has 0 radical (unpaired) electrons. The second-order valence-corrected chi connectivity index (χ2v) is 5.34. The predicted octanol–water partition coefficient (Wildman–Crippen LogP) is 3.58. The van der Waals surface area contributed by atoms with Crippen molar-refractivity contribution in [1.82, 2.24) is 5.32 Å². The largest absolute Gasteiger partial charge is 0.478 e. The summed E-state index contributed by atoms with van der Waals surface area (Å²) in [6.45, 7) is 2.53. The normalized spacial score (nSPS) is 11.8. The molecular weight excluding hydrogens is 341 g/mol. The number of carboxylic acids is 1. The van der Waals surface area contributed by atoms with Gasteiger partial charge in [-0.2, -0.15) is 0 Å². The van der Waals surface area contributed by atoms with Gasteiger partial charge in [-0.3, -0.25) is 0 Å². The molecule has 23 heavy (non-hydrogen) atoms. The fourth-order valence-electron chi connectivity index (χ4n) is 2.05. The molecule has 7 heteroatoms. The minimum absolute atomic E-state index is 0. The Labute approximate surface area is 145 Å². The number of furan rings is 1. The standard InChI is InChI=1S/C16H18ClNO4.ClH/c1-2-11(9-19)18-8-12-4-6-15(22-12)13-7-10(16(20)21)3-5-14(13)17;/h3-7,11,18-19H,2,8-9H2,1H3,(H,20,21);1H. The highest BCUT2D eigenvalue weighted by molar-refractivity contribution is 6.33. The number of carbonyl (C=O) groups is 1. The van der Waals surface area contributed by atoms with E-state index < -0.39 is 5.97 Å². The second kappa shape index (κ2) is 8.93. The van der Waals surface area contributed by atoms with E-state index in [1.807, 2.05) is 6.92 Å². The van der Waals surface area contributed by atoms with E-state index in [0.717, 1.165) is 6.42 Å². The molecule has 5 nitrogen and oxygen atoms in total. The lowest BCUT2D eigenvalue weighted by Crippen LogP contribution is -2.30. The summed E-state index contributed by atoms with van der Waals surface area (Å²) in [6, 6.07) is 8.06. The van der Waals surface area contributed by atoms with Gasteiger partial charge in [0.05, 0.1) is 23.7 Å². The van der Waals surface area contributed by atoms with Crippen LogP contribution in [0.2, 0.25) is 5.02 Å². The van der Waals surface area contributed by atoms with E-state index in [1.165, 1.54) is 12.1 Å². The van der Waals surface area contributed by atoms with Gasteiger partial charge in [-0.25, -0.2) is 4.79 Å². The van der Waals surface area contributed by atoms with E-state index in [2.05, 4.69) is 5.32 Å². The van der Waals surface area contributed by atoms with Crippen molar-refractivity contribution in [3.8, 4) is 11.3 Å². The van der Waals surface area contributed by atoms with Crippen LogP contribution in [0.1, 0.15) is 29.5 Å². The number of halogens is 2. The number of aromatic carboxylic acids is 1. The van der Waals surface area contributed by atoms with Crippen molar-refractivity contribution in [2.45, 2.75) is 25.9 Å². The summed E-state index contributed by atoms with van der Waals surface area (Å²) in [4.78, 5) is 11.0. The molecule has 2 aromatic rings. The molecule has 0 spiro atoms. The minimum Gasteiger partial charge on any atom is -0.478 e. The topological polar surface area (TPSA) is 82.7 Å². The van der Waals surface area contributed by atoms with Crippen molar-refractivity contribution in [1.29, 1.82) is 0 Å². The molecule has 1 unspecified atom stereocenters. The average Bonchev–Trinajstić information content (AvgIpc) is 2.97. The Morgan fingerprint density at radius 3 is 2.70 bits per heavy atom. The first kappa shape index (κ1) is 19.5. The molecule has 0 saturated heterocycles. The van der Waals surface area contributed by atoms with Crippen LogP contribution in [0, 0.1) is 0 Å². The van der Waals surface area contributed by atoms with Gasteiger partial charge in [0.2, 0.25) is 0 Å². The first-order chi connectivity index (χ1) is 10.5. The average molecular weight is 360 g/mol. The summed E-state index contributed by atoms with van der Waals surface area (Å²) in [6.07, 6.45) is 0.816. The van der Waals surface area contributed by atoms with Crippen LogP contribution < -0.4 is 5.32 Å². The Hall–Kier alpha value is -1.53. The molecule has 2 rings (SSSR count). The number of rotatable bonds is 7. The SMILES string of the molecule is CCC(CO)NCc1ccc(-c2cc(C(=O)O)ccc2Cl)o1.Cl. The maximum Gasteiger partial charge on any atom is 0.335 e. The van der Waals surface area contributed by atoms with Gasteiger partial charge < -0.3 is 19.9 Å². The van der Waals surface area contributed by atoms with Crippen LogP contribution in [0.5, 0.6) is 0 Å². The molecule has 1 aromatic heterocycles. The Kier molecular flexibility index (Phi) is 7.58. The molecule has 0 aliphatic heterocycles. The van der Waals surface area contributed by atoms with Crippen molar-refractivity contribution in [2.75, 3.05) is 6.61 Å². The van der Waals surface area contributed by atoms with Gasteiger partial charge in [0.25, 0.3) is 0 Å². The summed E-state index contributed by atoms with van der Waals surface area (Å²) in [5.41, 5.74) is 0.698. The summed E-state index contributed by atoms with van der Waals surface area (Å²) >= 11 is 6.12. The second-order valence-electron chi connectivity index (χ2n) is 4.93. The molecule has 0 saturated carbocycles. The number of aliphatic hydroxyl groups excluding tert-OH is 1. The summed E-state index contributed by atoms with van der Waals surface area (Å²) < 4.78 is 5.70. The fourth-order valence-corrected chi connectivity index (χ4v) is 2.26. The van der Waals surface area contributed by atoms with E-state index in [-0.39, 0.29) is 30.6 Å². The maximum atomic E-state index is 11.0. The van der Waals surface area contributed by atoms with Crippen LogP contribution >= 0.6 is 24.0 Å². The Bertz CT molecular complexity index is 653. The molecule has 1 aromatic carbocycles. The fraction of sp³-hybridized carbons (Fsp3) is 0.312. The van der Waals surface area contributed by atoms with Crippen molar-refractivity contribution >= 4 is 30.0 Å². The van der Waals surface area contributed by atoms with Gasteiger partial charge in [0, 0.05) is 11.6 Å². The van der Waals surface area contributed by atoms with Crippen LogP contribution in [0.4, 0.5) is 0 Å². The zero-order valence-corrected chi connectivity index (χ0v) is 14.2. The van der Waals surface area contributed by atoms with Gasteiger partial charge >= 0.3 is 5.97 Å². The molecule has 3 N–H and O–H groups in total. The third-order valence-electron chi connectivity index (χ3n) is 3.42. The minimum atomic E-state index is -1.01. The Balaban J connectivity index is 0.00000264. The molecule has 0 bridgehead atoms. The summed E-state index contributed by atoms with van der Waals surface area (Å²) in [7, 11) is 0. The number of hydrogen-bond donors (Lipinski definition) is 3. The molecule has 0 aliphatic carbocycles. The maximum absolute atomic E-state index is 11.0. The van der Waals surface area contributed by atoms with E-state index in [0.29, 0.717) is 28.7 Å². The van der Waals surface area contributed by atoms with Crippen LogP contribution in [0.15, 0.2) is 34.7 Å². The molecule has 126 valence electrons. The van der Waals surface area contributed by atoms with Crippen molar-refractivity contribution < 1.29 is 19.4 Å². The van der Waals surface area contributed by atoms with Gasteiger partial charge in [0.1, 0.15) is 11.5 Å². The first-order valence-electron chi connectivity index (χ1n) is 7.01. The highest BCUT2D eigenvalue weighted by Crippen LogP contribution is 2.30. The lowest BCUT2D eigenvalue weighted by Gasteiger charge is -2.12. The predicted molar refractivity (Wildman–Crippen MR) is 91.4 cm³/mol. The molecular formula is C16H19Cl2NO4. The smallest absolute Gasteiger partial charge is 0.335 e. The number of benzene rings is 1. The van der Waals surface area contributed by atoms with E-state index in [9.17, 15) is 4.79 Å². The van der Waals surface area contributed by atoms with E-state index in [4.69, 9.17) is 26.2 Å². The number of hydrogen-bond acceptors (Lipinski definition) is 4. The summed E-state index contributed by atoms with van der Waals surface area (Å²) in [5.74, 6) is 0.195. The van der Waals surface area contributed by atoms with Crippen LogP contribution in [-0.4, -0.2) is 28.8 Å². The highest BCUT2D eigenvalue weighted by atomic mass is 35.5. The zero-order chi connectivity index (χ0) is 16.1. The third kappa shape index (κ3) is 4.97. The molecule has 0 fully saturated rings. The van der Waals surface area contributed by atoms with Gasteiger partial charge in [-0.05, 0) is 36.8 Å². The van der Waals surface area contributed by atoms with Gasteiger partial charge in [0.15, 0.2) is 0 Å². The zero-order valence-electron chi connectivity index (χ0n) is 12.6. The van der Waals surface area contributed by atoms with Crippen molar-refractivity contribution in [3.05, 3.63) is 46.7 Å². The summed E-state index contributed by atoms with van der Waals surface area (Å²) in [5, 5.41) is 21.8.